The van der Waals surface area contributed by atoms with Gasteiger partial charge < -0.3 is 10.3 Å². The Hall–Kier alpha value is -0.260. The minimum atomic E-state index is 0.532. The summed E-state index contributed by atoms with van der Waals surface area (Å²) < 4.78 is 6.12. The van der Waals surface area contributed by atoms with Crippen molar-refractivity contribution in [3.05, 3.63) is 9.33 Å². The summed E-state index contributed by atoms with van der Waals surface area (Å²) in [6, 6.07) is 0. The molecule has 0 amide bonds. The van der Waals surface area contributed by atoms with E-state index in [1.54, 1.807) is 0 Å². The van der Waals surface area contributed by atoms with Gasteiger partial charge in [-0.2, -0.15) is 0 Å². The molecule has 1 aromatic rings. The predicted molar refractivity (Wildman–Crippen MR) is 54.7 cm³/mol. The first kappa shape index (κ1) is 8.34. The highest BCUT2D eigenvalue weighted by molar-refractivity contribution is 14.1. The summed E-state index contributed by atoms with van der Waals surface area (Å²) in [6.45, 7) is 0. The van der Waals surface area contributed by atoms with Gasteiger partial charge in [0, 0.05) is 6.42 Å². The quantitative estimate of drug-likeness (QED) is 0.844. The fourth-order valence-electron chi connectivity index (χ4n) is 1.41. The van der Waals surface area contributed by atoms with E-state index in [0.717, 1.165) is 21.7 Å². The van der Waals surface area contributed by atoms with Gasteiger partial charge in [0.05, 0.1) is 3.57 Å². The van der Waals surface area contributed by atoms with Gasteiger partial charge in [-0.3, -0.25) is 0 Å². The van der Waals surface area contributed by atoms with Crippen LogP contribution < -0.4 is 5.73 Å². The van der Waals surface area contributed by atoms with Gasteiger partial charge in [-0.25, -0.2) is 0 Å². The highest BCUT2D eigenvalue weighted by Crippen LogP contribution is 2.32. The molecule has 12 heavy (non-hydrogen) atoms. The summed E-state index contributed by atoms with van der Waals surface area (Å²) in [5, 5.41) is 3.72. The van der Waals surface area contributed by atoms with Gasteiger partial charge in [-0.05, 0) is 28.5 Å². The topological polar surface area (TPSA) is 52.0 Å². The zero-order valence-corrected chi connectivity index (χ0v) is 8.87. The van der Waals surface area contributed by atoms with E-state index < -0.39 is 0 Å². The number of hydrogen-bond donors (Lipinski definition) is 1. The summed E-state index contributed by atoms with van der Waals surface area (Å²) in [6.07, 6.45) is 5.04. The van der Waals surface area contributed by atoms with Gasteiger partial charge in [0.15, 0.2) is 11.6 Å². The molecule has 2 N–H and O–H groups in total. The highest BCUT2D eigenvalue weighted by atomic mass is 127. The van der Waals surface area contributed by atoms with E-state index in [1.165, 1.54) is 19.3 Å². The number of nitrogens with zero attached hydrogens (tertiary/aromatic N) is 1. The van der Waals surface area contributed by atoms with Crippen LogP contribution in [0, 0.1) is 9.49 Å². The monoisotopic (exact) mass is 278 g/mol. The average molecular weight is 278 g/mol. The Kier molecular flexibility index (Phi) is 2.25. The van der Waals surface area contributed by atoms with Crippen molar-refractivity contribution in [2.75, 3.05) is 5.73 Å². The van der Waals surface area contributed by atoms with Gasteiger partial charge in [0.25, 0.3) is 0 Å². The second kappa shape index (κ2) is 3.24. The third-order valence-electron chi connectivity index (χ3n) is 2.42. The van der Waals surface area contributed by atoms with Crippen LogP contribution in [0.5, 0.6) is 0 Å². The fourth-order valence-corrected chi connectivity index (χ4v) is 1.83. The third kappa shape index (κ3) is 1.44. The molecular weight excluding hydrogens is 267 g/mol. The maximum absolute atomic E-state index is 5.56. The van der Waals surface area contributed by atoms with Crippen LogP contribution in [-0.2, 0) is 6.42 Å². The smallest absolute Gasteiger partial charge is 0.180 e. The van der Waals surface area contributed by atoms with Crippen LogP contribution in [-0.4, -0.2) is 5.16 Å². The van der Waals surface area contributed by atoms with E-state index in [9.17, 15) is 0 Å². The normalized spacial score (nSPS) is 17.8. The molecule has 0 aromatic carbocycles. The lowest BCUT2D eigenvalue weighted by Gasteiger charge is -2.23. The van der Waals surface area contributed by atoms with Crippen molar-refractivity contribution in [2.24, 2.45) is 5.92 Å². The number of rotatable bonds is 2. The van der Waals surface area contributed by atoms with Gasteiger partial charge >= 0.3 is 0 Å². The van der Waals surface area contributed by atoms with E-state index in [1.807, 2.05) is 0 Å². The van der Waals surface area contributed by atoms with Crippen molar-refractivity contribution < 1.29 is 4.52 Å². The first-order chi connectivity index (χ1) is 5.77. The Morgan fingerprint density at radius 2 is 2.33 bits per heavy atom. The molecule has 1 aliphatic carbocycles. The van der Waals surface area contributed by atoms with E-state index in [4.69, 9.17) is 10.3 Å². The highest BCUT2D eigenvalue weighted by Gasteiger charge is 2.22. The molecular formula is C8H11IN2O. The average Bonchev–Trinajstić information content (AvgIpc) is 2.27. The Balaban J connectivity index is 2.06. The number of halogens is 1. The Morgan fingerprint density at radius 3 is 2.75 bits per heavy atom. The molecule has 3 nitrogen and oxygen atoms in total. The van der Waals surface area contributed by atoms with Gasteiger partial charge in [-0.1, -0.05) is 24.4 Å². The molecule has 1 heterocycles. The molecule has 0 radical (unpaired) electrons. The molecule has 1 aliphatic rings. The summed E-state index contributed by atoms with van der Waals surface area (Å²) >= 11 is 2.19. The lowest BCUT2D eigenvalue weighted by molar-refractivity contribution is 0.277. The van der Waals surface area contributed by atoms with Crippen LogP contribution in [0.4, 0.5) is 5.82 Å². The van der Waals surface area contributed by atoms with Crippen LogP contribution in [0.1, 0.15) is 25.0 Å². The lowest BCUT2D eigenvalue weighted by Crippen LogP contribution is -2.13. The van der Waals surface area contributed by atoms with Crippen LogP contribution >= 0.6 is 22.6 Å². The number of hydrogen-bond acceptors (Lipinski definition) is 3. The molecule has 0 bridgehead atoms. The van der Waals surface area contributed by atoms with Crippen molar-refractivity contribution in [3.8, 4) is 0 Å². The number of aromatic nitrogens is 1. The molecule has 0 aliphatic heterocycles. The van der Waals surface area contributed by atoms with E-state index >= 15 is 0 Å². The predicted octanol–water partition coefficient (Wildman–Crippen LogP) is 2.20. The summed E-state index contributed by atoms with van der Waals surface area (Å²) in [4.78, 5) is 0. The van der Waals surface area contributed by atoms with Crippen molar-refractivity contribution in [2.45, 2.75) is 25.7 Å². The van der Waals surface area contributed by atoms with Gasteiger partial charge in [-0.15, -0.1) is 0 Å². The van der Waals surface area contributed by atoms with Crippen LogP contribution in [0.25, 0.3) is 0 Å². The summed E-state index contributed by atoms with van der Waals surface area (Å²) in [5.41, 5.74) is 5.56. The van der Waals surface area contributed by atoms with E-state index in [-0.39, 0.29) is 0 Å². The molecule has 0 spiro atoms. The fraction of sp³-hybridized carbons (Fsp3) is 0.625. The second-order valence-electron chi connectivity index (χ2n) is 3.31. The molecule has 2 rings (SSSR count). The van der Waals surface area contributed by atoms with Crippen LogP contribution in [0.15, 0.2) is 4.52 Å². The Labute approximate surface area is 84.8 Å². The van der Waals surface area contributed by atoms with Gasteiger partial charge in [0.1, 0.15) is 0 Å². The van der Waals surface area contributed by atoms with Crippen molar-refractivity contribution >= 4 is 28.4 Å². The molecule has 1 aromatic heterocycles. The summed E-state index contributed by atoms with van der Waals surface area (Å²) in [7, 11) is 0. The number of nitrogens with two attached hydrogens (primary N) is 1. The zero-order chi connectivity index (χ0) is 8.55. The number of anilines is 1. The molecule has 66 valence electrons. The number of nitrogen functional groups attached to an aromatic ring is 1. The van der Waals surface area contributed by atoms with E-state index in [2.05, 4.69) is 27.7 Å². The Morgan fingerprint density at radius 1 is 1.58 bits per heavy atom. The first-order valence-corrected chi connectivity index (χ1v) is 5.25. The van der Waals surface area contributed by atoms with E-state index in [0.29, 0.717) is 5.82 Å². The van der Waals surface area contributed by atoms with Crippen molar-refractivity contribution in [1.82, 2.24) is 5.16 Å². The van der Waals surface area contributed by atoms with Gasteiger partial charge in [0.2, 0.25) is 0 Å². The molecule has 0 unspecified atom stereocenters. The first-order valence-electron chi connectivity index (χ1n) is 4.17. The van der Waals surface area contributed by atoms with Crippen LogP contribution in [0.3, 0.4) is 0 Å². The van der Waals surface area contributed by atoms with Crippen molar-refractivity contribution in [3.63, 3.8) is 0 Å². The minimum absolute atomic E-state index is 0.532. The maximum Gasteiger partial charge on any atom is 0.180 e. The largest absolute Gasteiger partial charge is 0.380 e. The molecule has 1 fully saturated rings. The maximum atomic E-state index is 5.56. The standard InChI is InChI=1S/C8H11IN2O/c9-7-6(12-11-8(7)10)4-5-2-1-3-5/h5H,1-4H2,(H2,10,11). The summed E-state index contributed by atoms with van der Waals surface area (Å²) in [5.74, 6) is 2.31. The Bertz CT molecular complexity index is 281. The van der Waals surface area contributed by atoms with Crippen molar-refractivity contribution in [1.29, 1.82) is 0 Å². The minimum Gasteiger partial charge on any atom is -0.380 e. The second-order valence-corrected chi connectivity index (χ2v) is 4.38. The molecule has 1 saturated carbocycles. The van der Waals surface area contributed by atoms with Crippen LogP contribution in [0.2, 0.25) is 0 Å². The molecule has 0 atom stereocenters. The third-order valence-corrected chi connectivity index (χ3v) is 3.58. The zero-order valence-electron chi connectivity index (χ0n) is 6.72. The molecule has 0 saturated heterocycles. The molecule has 4 heteroatoms. The SMILES string of the molecule is Nc1noc(CC2CCC2)c1I. The lowest BCUT2D eigenvalue weighted by atomic mass is 9.82.